The molecule has 2 bridgehead atoms. The van der Waals surface area contributed by atoms with Crippen LogP contribution in [0.25, 0.3) is 0 Å². The molecule has 0 saturated carbocycles. The first-order valence-electron chi connectivity index (χ1n) is 6.74. The van der Waals surface area contributed by atoms with Crippen molar-refractivity contribution in [3.63, 3.8) is 0 Å². The Hall–Kier alpha value is -1.89. The lowest BCUT2D eigenvalue weighted by molar-refractivity contribution is 0.281. The van der Waals surface area contributed by atoms with Gasteiger partial charge in [0.05, 0.1) is 0 Å². The van der Waals surface area contributed by atoms with Gasteiger partial charge in [0.25, 0.3) is 5.56 Å². The van der Waals surface area contributed by atoms with Gasteiger partial charge < -0.3 is 15.2 Å². The van der Waals surface area contributed by atoms with Crippen molar-refractivity contribution < 1.29 is 0 Å². The quantitative estimate of drug-likeness (QED) is 0.844. The number of hydrogen-bond donors (Lipinski definition) is 1. The molecule has 2 aromatic rings. The fourth-order valence-electron chi connectivity index (χ4n) is 3.41. The number of rotatable bonds is 1. The van der Waals surface area contributed by atoms with Gasteiger partial charge >= 0.3 is 0 Å². The Kier molecular flexibility index (Phi) is 2.56. The summed E-state index contributed by atoms with van der Waals surface area (Å²) in [7, 11) is 0. The number of fused-ring (bicyclic) bond motifs is 4. The van der Waals surface area contributed by atoms with Crippen LogP contribution < -0.4 is 16.2 Å². The van der Waals surface area contributed by atoms with E-state index in [0.717, 1.165) is 36.9 Å². The minimum absolute atomic E-state index is 0.116. The number of anilines is 2. The van der Waals surface area contributed by atoms with E-state index in [-0.39, 0.29) is 5.56 Å². The molecule has 0 spiro atoms. The monoisotopic (exact) mass is 289 g/mol. The highest BCUT2D eigenvalue weighted by Crippen LogP contribution is 2.37. The molecule has 2 atom stereocenters. The van der Waals surface area contributed by atoms with Crippen LogP contribution in [-0.4, -0.2) is 27.9 Å². The SMILES string of the molecule is Nc1nnc(N2C[C@@H]3C[C@H](C2)c2cccc(=O)n2C3)s1. The van der Waals surface area contributed by atoms with E-state index in [2.05, 4.69) is 21.2 Å². The molecule has 2 aliphatic heterocycles. The zero-order chi connectivity index (χ0) is 13.7. The lowest BCUT2D eigenvalue weighted by Gasteiger charge is -2.42. The standard InChI is InChI=1S/C13H15N5OS/c14-12-15-16-13(20-12)17-5-8-4-9(7-17)10-2-1-3-11(19)18(10)6-8/h1-3,8-9H,4-7H2,(H2,14,15)/t8-,9+/m0/s1. The van der Waals surface area contributed by atoms with Crippen molar-refractivity contribution in [2.75, 3.05) is 23.7 Å². The van der Waals surface area contributed by atoms with Crippen molar-refractivity contribution in [2.24, 2.45) is 5.92 Å². The van der Waals surface area contributed by atoms with Crippen molar-refractivity contribution in [3.8, 4) is 0 Å². The van der Waals surface area contributed by atoms with Gasteiger partial charge in [0.2, 0.25) is 10.3 Å². The molecule has 0 amide bonds. The van der Waals surface area contributed by atoms with Gasteiger partial charge in [-0.2, -0.15) is 0 Å². The summed E-state index contributed by atoms with van der Waals surface area (Å²) < 4.78 is 1.94. The Morgan fingerprint density at radius 2 is 2.15 bits per heavy atom. The molecular formula is C13H15N5OS. The Bertz CT molecular complexity index is 709. The summed E-state index contributed by atoms with van der Waals surface area (Å²) in [6, 6.07) is 5.57. The summed E-state index contributed by atoms with van der Waals surface area (Å²) in [6.45, 7) is 2.61. The maximum atomic E-state index is 12.0. The minimum Gasteiger partial charge on any atom is -0.374 e. The number of nitrogens with two attached hydrogens (primary N) is 1. The first-order valence-corrected chi connectivity index (χ1v) is 7.56. The van der Waals surface area contributed by atoms with Crippen molar-refractivity contribution in [1.82, 2.24) is 14.8 Å². The largest absolute Gasteiger partial charge is 0.374 e. The molecule has 4 heterocycles. The maximum Gasteiger partial charge on any atom is 0.250 e. The summed E-state index contributed by atoms with van der Waals surface area (Å²) in [4.78, 5) is 14.2. The van der Waals surface area contributed by atoms with Gasteiger partial charge in [0.1, 0.15) is 0 Å². The van der Waals surface area contributed by atoms with E-state index < -0.39 is 0 Å². The second-order valence-corrected chi connectivity index (χ2v) is 6.51. The summed E-state index contributed by atoms with van der Waals surface area (Å²) in [5.41, 5.74) is 6.94. The number of aromatic nitrogens is 3. The van der Waals surface area contributed by atoms with Gasteiger partial charge in [-0.1, -0.05) is 17.4 Å². The Balaban J connectivity index is 1.70. The van der Waals surface area contributed by atoms with Gasteiger partial charge in [-0.15, -0.1) is 10.2 Å². The van der Waals surface area contributed by atoms with Crippen LogP contribution in [0.3, 0.4) is 0 Å². The Labute approximate surface area is 119 Å². The second-order valence-electron chi connectivity index (χ2n) is 5.53. The van der Waals surface area contributed by atoms with E-state index in [4.69, 9.17) is 5.73 Å². The third-order valence-electron chi connectivity index (χ3n) is 4.18. The summed E-state index contributed by atoms with van der Waals surface area (Å²) in [5, 5.41) is 9.43. The van der Waals surface area contributed by atoms with E-state index in [0.29, 0.717) is 17.0 Å². The normalized spacial score (nSPS) is 24.5. The molecule has 1 saturated heterocycles. The molecule has 7 heteroatoms. The zero-order valence-corrected chi connectivity index (χ0v) is 11.7. The average molecular weight is 289 g/mol. The molecule has 2 aliphatic rings. The van der Waals surface area contributed by atoms with Gasteiger partial charge in [0, 0.05) is 37.3 Å². The predicted molar refractivity (Wildman–Crippen MR) is 78.1 cm³/mol. The third-order valence-corrected chi connectivity index (χ3v) is 4.99. The zero-order valence-electron chi connectivity index (χ0n) is 10.9. The fourth-order valence-corrected chi connectivity index (χ4v) is 4.04. The molecule has 104 valence electrons. The van der Waals surface area contributed by atoms with Crippen molar-refractivity contribution >= 4 is 21.6 Å². The van der Waals surface area contributed by atoms with Gasteiger partial charge in [0.15, 0.2) is 0 Å². The van der Waals surface area contributed by atoms with Crippen LogP contribution in [0.1, 0.15) is 18.0 Å². The van der Waals surface area contributed by atoms with Crippen LogP contribution in [0.15, 0.2) is 23.0 Å². The third kappa shape index (κ3) is 1.81. The van der Waals surface area contributed by atoms with Gasteiger partial charge in [-0.3, -0.25) is 4.79 Å². The first kappa shape index (κ1) is 11.9. The highest BCUT2D eigenvalue weighted by molar-refractivity contribution is 7.18. The van der Waals surface area contributed by atoms with Crippen molar-refractivity contribution in [1.29, 1.82) is 0 Å². The smallest absolute Gasteiger partial charge is 0.250 e. The second kappa shape index (κ2) is 4.31. The van der Waals surface area contributed by atoms with Crippen molar-refractivity contribution in [3.05, 3.63) is 34.2 Å². The van der Waals surface area contributed by atoms with Crippen LogP contribution in [-0.2, 0) is 6.54 Å². The van der Waals surface area contributed by atoms with E-state index in [1.54, 1.807) is 6.07 Å². The Morgan fingerprint density at radius 3 is 2.95 bits per heavy atom. The number of pyridine rings is 1. The van der Waals surface area contributed by atoms with Crippen LogP contribution in [0, 0.1) is 5.92 Å². The molecule has 0 radical (unpaired) electrons. The predicted octanol–water partition coefficient (Wildman–Crippen LogP) is 0.906. The topological polar surface area (TPSA) is 77.0 Å². The molecule has 4 rings (SSSR count). The van der Waals surface area contributed by atoms with Crippen LogP contribution >= 0.6 is 11.3 Å². The minimum atomic E-state index is 0.116. The highest BCUT2D eigenvalue weighted by Gasteiger charge is 2.35. The van der Waals surface area contributed by atoms with Gasteiger partial charge in [-0.25, -0.2) is 0 Å². The molecule has 1 fully saturated rings. The first-order chi connectivity index (χ1) is 9.70. The summed E-state index contributed by atoms with van der Waals surface area (Å²) in [6.07, 6.45) is 1.15. The van der Waals surface area contributed by atoms with Crippen LogP contribution in [0.2, 0.25) is 0 Å². The number of hydrogen-bond acceptors (Lipinski definition) is 6. The van der Waals surface area contributed by atoms with Crippen LogP contribution in [0.4, 0.5) is 10.3 Å². The molecule has 0 aliphatic carbocycles. The lowest BCUT2D eigenvalue weighted by atomic mass is 9.83. The van der Waals surface area contributed by atoms with Gasteiger partial charge in [-0.05, 0) is 18.4 Å². The number of piperidine rings is 1. The molecule has 2 aromatic heterocycles. The van der Waals surface area contributed by atoms with E-state index in [1.807, 2.05) is 10.6 Å². The fraction of sp³-hybridized carbons (Fsp3) is 0.462. The van der Waals surface area contributed by atoms with E-state index in [1.165, 1.54) is 11.3 Å². The molecule has 0 unspecified atom stereocenters. The van der Waals surface area contributed by atoms with Crippen LogP contribution in [0.5, 0.6) is 0 Å². The molecule has 2 N–H and O–H groups in total. The molecular weight excluding hydrogens is 274 g/mol. The summed E-state index contributed by atoms with van der Waals surface area (Å²) >= 11 is 1.43. The average Bonchev–Trinajstić information content (AvgIpc) is 2.87. The highest BCUT2D eigenvalue weighted by atomic mass is 32.1. The van der Waals surface area contributed by atoms with E-state index >= 15 is 0 Å². The summed E-state index contributed by atoms with van der Waals surface area (Å²) in [5.74, 6) is 0.882. The Morgan fingerprint density at radius 1 is 1.25 bits per heavy atom. The van der Waals surface area contributed by atoms with Crippen molar-refractivity contribution in [2.45, 2.75) is 18.9 Å². The number of nitrogens with zero attached hydrogens (tertiary/aromatic N) is 4. The lowest BCUT2D eigenvalue weighted by Crippen LogP contribution is -2.47. The molecule has 6 nitrogen and oxygen atoms in total. The molecule has 20 heavy (non-hydrogen) atoms. The maximum absolute atomic E-state index is 12.0. The molecule has 0 aromatic carbocycles. The van der Waals surface area contributed by atoms with E-state index in [9.17, 15) is 4.79 Å². The number of nitrogen functional groups attached to an aromatic ring is 1.